The quantitative estimate of drug-likeness (QED) is 0.173. The average Bonchev–Trinajstić information content (AvgIpc) is 4.47. The number of benzene rings is 12. The third-order valence-electron chi connectivity index (χ3n) is 16.5. The lowest BCUT2D eigenvalue weighted by Gasteiger charge is -2.25. The first-order chi connectivity index (χ1) is 39.7. The van der Waals surface area contributed by atoms with Gasteiger partial charge in [-0.25, -0.2) is 9.98 Å². The zero-order valence-electron chi connectivity index (χ0n) is 43.1. The van der Waals surface area contributed by atoms with Crippen LogP contribution in [0.15, 0.2) is 281 Å². The topological polar surface area (TPSA) is 64.7 Å². The number of nitrogens with zero attached hydrogens (tertiary/aromatic N) is 5. The van der Waals surface area contributed by atoms with E-state index >= 15 is 0 Å². The molecule has 1 atom stereocenters. The van der Waals surface area contributed by atoms with Crippen molar-refractivity contribution in [1.82, 2.24) is 19.0 Å². The Morgan fingerprint density at radius 1 is 0.350 bits per heavy atom. The molecule has 0 spiro atoms. The molecule has 1 aliphatic rings. The highest BCUT2D eigenvalue weighted by Gasteiger charge is 2.28. The lowest BCUT2D eigenvalue weighted by molar-refractivity contribution is 0.669. The molecule has 374 valence electrons. The summed E-state index contributed by atoms with van der Waals surface area (Å²) < 4.78 is 13.6. The highest BCUT2D eigenvalue weighted by atomic mass is 16.3. The minimum atomic E-state index is -0.531. The van der Waals surface area contributed by atoms with Crippen LogP contribution in [0.3, 0.4) is 0 Å². The highest BCUT2D eigenvalue weighted by Crippen LogP contribution is 2.43. The maximum absolute atomic E-state index is 6.44. The normalized spacial score (nSPS) is 13.9. The first-order valence-electron chi connectivity index (χ1n) is 27.3. The van der Waals surface area contributed by atoms with E-state index in [2.05, 4.69) is 274 Å². The van der Waals surface area contributed by atoms with Crippen LogP contribution in [0.1, 0.15) is 22.9 Å². The Morgan fingerprint density at radius 2 is 0.912 bits per heavy atom. The first kappa shape index (κ1) is 44.4. The molecule has 0 fully saturated rings. The van der Waals surface area contributed by atoms with Crippen LogP contribution in [0.5, 0.6) is 0 Å². The standard InChI is InChI=1S/C73H46N6O/c1-3-21-49(22-4-1)77-61-32-14-10-27-53(61)69-55(29-17-34-64(69)77)72-74-71(75-73(76-72)56-30-18-35-65-70(56)54-28-11-15-33-62(54)78(65)50-23-5-2-6-24-50)48-37-39-63(57(43-48)47-38-40-68-59(42-47)52-26-12-16-36-67(52)80-68)79-60-31-13-9-25-51(60)58-41-45-19-7-8-20-46(45)44-66(58)79/h1-44,72H,(H,74,75,76). The molecular formula is C73H46N6O. The molecule has 17 rings (SSSR count). The van der Waals surface area contributed by atoms with Gasteiger partial charge >= 0.3 is 0 Å². The van der Waals surface area contributed by atoms with Crippen LogP contribution in [0.25, 0.3) is 126 Å². The number of rotatable bonds is 7. The molecule has 16 aromatic rings. The van der Waals surface area contributed by atoms with Gasteiger partial charge in [0.15, 0.2) is 5.84 Å². The number of nitrogens with one attached hydrogen (secondary N) is 1. The summed E-state index contributed by atoms with van der Waals surface area (Å²) in [5.41, 5.74) is 16.8. The summed E-state index contributed by atoms with van der Waals surface area (Å²) >= 11 is 0. The van der Waals surface area contributed by atoms with E-state index < -0.39 is 6.17 Å². The molecule has 0 saturated heterocycles. The van der Waals surface area contributed by atoms with Crippen molar-refractivity contribution in [3.63, 3.8) is 0 Å². The zero-order chi connectivity index (χ0) is 52.4. The van der Waals surface area contributed by atoms with Gasteiger partial charge in [-0.3, -0.25) is 0 Å². The minimum Gasteiger partial charge on any atom is -0.456 e. The second-order valence-corrected chi connectivity index (χ2v) is 20.9. The Balaban J connectivity index is 0.939. The Hall–Kier alpha value is -10.8. The Labute approximate surface area is 458 Å². The average molecular weight is 1020 g/mol. The Morgan fingerprint density at radius 3 is 1.65 bits per heavy atom. The van der Waals surface area contributed by atoms with Gasteiger partial charge in [0.25, 0.3) is 0 Å². The van der Waals surface area contributed by atoms with Gasteiger partial charge in [-0.15, -0.1) is 0 Å². The number of fused-ring (bicyclic) bond motifs is 13. The van der Waals surface area contributed by atoms with Crippen LogP contribution in [-0.2, 0) is 0 Å². The van der Waals surface area contributed by atoms with Crippen molar-refractivity contribution in [3.8, 4) is 28.2 Å². The first-order valence-corrected chi connectivity index (χ1v) is 27.3. The van der Waals surface area contributed by atoms with Crippen molar-refractivity contribution in [2.75, 3.05) is 0 Å². The maximum Gasteiger partial charge on any atom is 0.159 e. The van der Waals surface area contributed by atoms with Gasteiger partial charge in [-0.1, -0.05) is 164 Å². The summed E-state index contributed by atoms with van der Waals surface area (Å²) in [6.07, 6.45) is -0.531. The molecule has 7 nitrogen and oxygen atoms in total. The number of aromatic nitrogens is 3. The maximum atomic E-state index is 6.44. The molecule has 1 unspecified atom stereocenters. The van der Waals surface area contributed by atoms with Crippen molar-refractivity contribution >= 4 is 110 Å². The molecule has 0 radical (unpaired) electrons. The van der Waals surface area contributed by atoms with Crippen LogP contribution < -0.4 is 5.32 Å². The fourth-order valence-electron chi connectivity index (χ4n) is 13.0. The molecule has 80 heavy (non-hydrogen) atoms. The van der Waals surface area contributed by atoms with Crippen molar-refractivity contribution in [1.29, 1.82) is 0 Å². The van der Waals surface area contributed by atoms with Gasteiger partial charge in [-0.05, 0) is 119 Å². The molecule has 1 N–H and O–H groups in total. The highest BCUT2D eigenvalue weighted by molar-refractivity contribution is 6.24. The number of furan rings is 1. The molecule has 4 aromatic heterocycles. The third kappa shape index (κ3) is 6.67. The van der Waals surface area contributed by atoms with Crippen LogP contribution in [0, 0.1) is 0 Å². The Bertz CT molecular complexity index is 5290. The molecule has 0 saturated carbocycles. The van der Waals surface area contributed by atoms with Gasteiger partial charge < -0.3 is 23.4 Å². The monoisotopic (exact) mass is 1020 g/mol. The van der Waals surface area contributed by atoms with E-state index in [1.165, 1.54) is 21.5 Å². The number of hydrogen-bond donors (Lipinski definition) is 1. The van der Waals surface area contributed by atoms with E-state index in [1.54, 1.807) is 0 Å². The smallest absolute Gasteiger partial charge is 0.159 e. The predicted octanol–water partition coefficient (Wildman–Crippen LogP) is 18.2. The minimum absolute atomic E-state index is 0.531. The second kappa shape index (κ2) is 17.4. The van der Waals surface area contributed by atoms with E-state index in [9.17, 15) is 0 Å². The summed E-state index contributed by atoms with van der Waals surface area (Å²) in [5.74, 6) is 1.38. The van der Waals surface area contributed by atoms with E-state index in [0.29, 0.717) is 5.84 Å². The van der Waals surface area contributed by atoms with Gasteiger partial charge in [0, 0.05) is 76.7 Å². The predicted molar refractivity (Wildman–Crippen MR) is 332 cm³/mol. The molecule has 0 amide bonds. The van der Waals surface area contributed by atoms with Crippen LogP contribution in [0.4, 0.5) is 0 Å². The molecule has 1 aliphatic heterocycles. The van der Waals surface area contributed by atoms with E-state index in [4.69, 9.17) is 14.4 Å². The Kier molecular flexibility index (Phi) is 9.64. The fourth-order valence-corrected chi connectivity index (χ4v) is 13.0. The van der Waals surface area contributed by atoms with E-state index in [0.717, 1.165) is 127 Å². The molecule has 0 bridgehead atoms. The molecule has 12 aromatic carbocycles. The number of hydrogen-bond acceptors (Lipinski definition) is 4. The summed E-state index contributed by atoms with van der Waals surface area (Å²) in [7, 11) is 0. The zero-order valence-corrected chi connectivity index (χ0v) is 43.1. The summed E-state index contributed by atoms with van der Waals surface area (Å²) in [6.45, 7) is 0. The van der Waals surface area contributed by atoms with E-state index in [1.807, 2.05) is 12.1 Å². The van der Waals surface area contributed by atoms with Crippen LogP contribution in [0.2, 0.25) is 0 Å². The molecule has 7 heteroatoms. The summed E-state index contributed by atoms with van der Waals surface area (Å²) in [5, 5.41) is 15.5. The van der Waals surface area contributed by atoms with E-state index in [-0.39, 0.29) is 0 Å². The SMILES string of the molecule is c1ccc(-n2c3ccccc3c3c(C4=NC(c5ccc(-n6c7ccccc7c7cc8ccccc8cc76)c(-c6ccc7oc8ccccc8c7c6)c5)=NC(c5cccc6c5c5ccccc5n6-c5ccccc5)N4)cccc32)cc1. The lowest BCUT2D eigenvalue weighted by Crippen LogP contribution is -2.33. The summed E-state index contributed by atoms with van der Waals surface area (Å²) in [6, 6.07) is 95.8. The van der Waals surface area contributed by atoms with Gasteiger partial charge in [0.2, 0.25) is 0 Å². The van der Waals surface area contributed by atoms with Crippen molar-refractivity contribution in [3.05, 3.63) is 284 Å². The second-order valence-electron chi connectivity index (χ2n) is 20.9. The number of aliphatic imine (C=N–C) groups is 2. The third-order valence-corrected chi connectivity index (χ3v) is 16.5. The van der Waals surface area contributed by atoms with Gasteiger partial charge in [-0.2, -0.15) is 0 Å². The molecule has 5 heterocycles. The van der Waals surface area contributed by atoms with Crippen molar-refractivity contribution in [2.24, 2.45) is 9.98 Å². The molecular weight excluding hydrogens is 977 g/mol. The van der Waals surface area contributed by atoms with Crippen LogP contribution in [-0.4, -0.2) is 25.4 Å². The summed E-state index contributed by atoms with van der Waals surface area (Å²) in [4.78, 5) is 11.5. The van der Waals surface area contributed by atoms with Crippen molar-refractivity contribution < 1.29 is 4.42 Å². The van der Waals surface area contributed by atoms with Gasteiger partial charge in [0.1, 0.15) is 23.2 Å². The fraction of sp³-hybridized carbons (Fsp3) is 0.0137. The lowest BCUT2D eigenvalue weighted by atomic mass is 9.97. The number of amidine groups is 2. The molecule has 0 aliphatic carbocycles. The van der Waals surface area contributed by atoms with Gasteiger partial charge in [0.05, 0.1) is 38.8 Å². The van der Waals surface area contributed by atoms with Crippen LogP contribution >= 0.6 is 0 Å². The number of para-hydroxylation sites is 6. The largest absolute Gasteiger partial charge is 0.456 e. The van der Waals surface area contributed by atoms with Crippen molar-refractivity contribution in [2.45, 2.75) is 6.17 Å².